The maximum Gasteiger partial charge on any atom is 0.221 e. The van der Waals surface area contributed by atoms with Gasteiger partial charge < -0.3 is 10.6 Å². The van der Waals surface area contributed by atoms with Crippen LogP contribution in [0.5, 0.6) is 0 Å². The second-order valence-electron chi connectivity index (χ2n) is 3.81. The molecule has 4 nitrogen and oxygen atoms in total. The van der Waals surface area contributed by atoms with Gasteiger partial charge in [-0.3, -0.25) is 9.78 Å². The van der Waals surface area contributed by atoms with Crippen molar-refractivity contribution in [3.63, 3.8) is 0 Å². The molecule has 0 spiro atoms. The Balaban J connectivity index is 2.12. The lowest BCUT2D eigenvalue weighted by molar-refractivity contribution is -0.114. The second-order valence-corrected chi connectivity index (χ2v) is 3.81. The fourth-order valence-electron chi connectivity index (χ4n) is 1.70. The van der Waals surface area contributed by atoms with E-state index in [1.54, 1.807) is 6.20 Å². The van der Waals surface area contributed by atoms with Crippen molar-refractivity contribution in [3.8, 4) is 0 Å². The molecule has 1 aromatic rings. The molecule has 0 atom stereocenters. The zero-order chi connectivity index (χ0) is 11.4. The molecule has 16 heavy (non-hydrogen) atoms. The number of anilines is 1. The van der Waals surface area contributed by atoms with Gasteiger partial charge in [-0.2, -0.15) is 0 Å². The Bertz CT molecular complexity index is 409. The molecule has 0 saturated carbocycles. The van der Waals surface area contributed by atoms with Gasteiger partial charge in [0.05, 0.1) is 17.6 Å². The standard InChI is InChI=1S/C12H15N3O/c1-9(16)15-11-4-5-12(14-8-11)10-3-2-6-13-7-10/h3-5,8,13H,2,6-7H2,1H3,(H,15,16). The predicted molar refractivity (Wildman–Crippen MR) is 64.0 cm³/mol. The average Bonchev–Trinajstić information content (AvgIpc) is 2.30. The van der Waals surface area contributed by atoms with Gasteiger partial charge in [-0.05, 0) is 30.7 Å². The quantitative estimate of drug-likeness (QED) is 0.787. The topological polar surface area (TPSA) is 54.0 Å². The third-order valence-electron chi connectivity index (χ3n) is 2.44. The number of nitrogens with one attached hydrogen (secondary N) is 2. The normalized spacial score (nSPS) is 15.4. The third kappa shape index (κ3) is 2.67. The van der Waals surface area contributed by atoms with Crippen LogP contribution in [-0.4, -0.2) is 24.0 Å². The van der Waals surface area contributed by atoms with Gasteiger partial charge in [0.25, 0.3) is 0 Å². The Labute approximate surface area is 94.8 Å². The number of pyridine rings is 1. The highest BCUT2D eigenvalue weighted by atomic mass is 16.1. The Kier molecular flexibility index (Phi) is 3.31. The van der Waals surface area contributed by atoms with E-state index in [1.165, 1.54) is 12.5 Å². The molecule has 0 aromatic carbocycles. The molecule has 0 radical (unpaired) electrons. The first-order valence-corrected chi connectivity index (χ1v) is 5.39. The first-order valence-electron chi connectivity index (χ1n) is 5.39. The van der Waals surface area contributed by atoms with Gasteiger partial charge in [0, 0.05) is 13.5 Å². The molecule has 2 rings (SSSR count). The number of aromatic nitrogens is 1. The molecular weight excluding hydrogens is 202 g/mol. The van der Waals surface area contributed by atoms with Crippen molar-refractivity contribution in [2.24, 2.45) is 0 Å². The van der Waals surface area contributed by atoms with E-state index in [0.717, 1.165) is 30.9 Å². The zero-order valence-corrected chi connectivity index (χ0v) is 9.29. The number of hydrogen-bond acceptors (Lipinski definition) is 3. The Morgan fingerprint density at radius 3 is 2.94 bits per heavy atom. The van der Waals surface area contributed by atoms with Crippen LogP contribution in [0, 0.1) is 0 Å². The Morgan fingerprint density at radius 1 is 1.50 bits per heavy atom. The molecule has 1 amide bonds. The van der Waals surface area contributed by atoms with Crippen molar-refractivity contribution in [3.05, 3.63) is 30.1 Å². The molecule has 1 aliphatic heterocycles. The van der Waals surface area contributed by atoms with Gasteiger partial charge in [-0.1, -0.05) is 6.08 Å². The van der Waals surface area contributed by atoms with E-state index in [9.17, 15) is 4.79 Å². The Hall–Kier alpha value is -1.68. The molecule has 1 aromatic heterocycles. The number of amides is 1. The monoisotopic (exact) mass is 217 g/mol. The smallest absolute Gasteiger partial charge is 0.221 e. The maximum atomic E-state index is 10.8. The fraction of sp³-hybridized carbons (Fsp3) is 0.333. The maximum absolute atomic E-state index is 10.8. The summed E-state index contributed by atoms with van der Waals surface area (Å²) in [7, 11) is 0. The first kappa shape index (κ1) is 10.8. The first-order chi connectivity index (χ1) is 7.75. The largest absolute Gasteiger partial charge is 0.325 e. The SMILES string of the molecule is CC(=O)Nc1ccc(C2=CCCNC2)nc1. The van der Waals surface area contributed by atoms with Gasteiger partial charge in [-0.15, -0.1) is 0 Å². The molecule has 0 fully saturated rings. The van der Waals surface area contributed by atoms with E-state index in [0.29, 0.717) is 0 Å². The second kappa shape index (κ2) is 4.90. The molecule has 2 N–H and O–H groups in total. The molecule has 0 bridgehead atoms. The molecule has 0 aliphatic carbocycles. The lowest BCUT2D eigenvalue weighted by Gasteiger charge is -2.13. The number of hydrogen-bond donors (Lipinski definition) is 2. The van der Waals surface area contributed by atoms with Crippen LogP contribution in [0.15, 0.2) is 24.4 Å². The van der Waals surface area contributed by atoms with Crippen LogP contribution >= 0.6 is 0 Å². The van der Waals surface area contributed by atoms with Gasteiger partial charge in [0.2, 0.25) is 5.91 Å². The number of carbonyl (C=O) groups is 1. The van der Waals surface area contributed by atoms with Crippen LogP contribution in [0.1, 0.15) is 19.0 Å². The minimum absolute atomic E-state index is 0.0758. The minimum atomic E-state index is -0.0758. The summed E-state index contributed by atoms with van der Waals surface area (Å²) in [5, 5.41) is 6.00. The van der Waals surface area contributed by atoms with Gasteiger partial charge in [0.1, 0.15) is 0 Å². The van der Waals surface area contributed by atoms with Crippen LogP contribution in [-0.2, 0) is 4.79 Å². The summed E-state index contributed by atoms with van der Waals surface area (Å²) in [4.78, 5) is 15.2. The van der Waals surface area contributed by atoms with Gasteiger partial charge in [-0.25, -0.2) is 0 Å². The van der Waals surface area contributed by atoms with Crippen molar-refractivity contribution in [2.75, 3.05) is 18.4 Å². The molecule has 0 saturated heterocycles. The highest BCUT2D eigenvalue weighted by Crippen LogP contribution is 2.16. The zero-order valence-electron chi connectivity index (χ0n) is 9.29. The lowest BCUT2D eigenvalue weighted by atomic mass is 10.1. The average molecular weight is 217 g/mol. The summed E-state index contributed by atoms with van der Waals surface area (Å²) in [6.45, 7) is 3.39. The van der Waals surface area contributed by atoms with Crippen LogP contribution in [0.4, 0.5) is 5.69 Å². The minimum Gasteiger partial charge on any atom is -0.325 e. The van der Waals surface area contributed by atoms with E-state index in [-0.39, 0.29) is 5.91 Å². The molecular formula is C12H15N3O. The third-order valence-corrected chi connectivity index (χ3v) is 2.44. The van der Waals surface area contributed by atoms with E-state index < -0.39 is 0 Å². The fourth-order valence-corrected chi connectivity index (χ4v) is 1.70. The van der Waals surface area contributed by atoms with E-state index in [2.05, 4.69) is 21.7 Å². The van der Waals surface area contributed by atoms with Crippen molar-refractivity contribution in [2.45, 2.75) is 13.3 Å². The van der Waals surface area contributed by atoms with Crippen molar-refractivity contribution in [1.29, 1.82) is 0 Å². The van der Waals surface area contributed by atoms with Crippen molar-refractivity contribution in [1.82, 2.24) is 10.3 Å². The van der Waals surface area contributed by atoms with E-state index in [4.69, 9.17) is 0 Å². The molecule has 2 heterocycles. The number of rotatable bonds is 2. The van der Waals surface area contributed by atoms with Crippen LogP contribution < -0.4 is 10.6 Å². The summed E-state index contributed by atoms with van der Waals surface area (Å²) in [6.07, 6.45) is 4.94. The summed E-state index contributed by atoms with van der Waals surface area (Å²) >= 11 is 0. The van der Waals surface area contributed by atoms with E-state index in [1.807, 2.05) is 12.1 Å². The molecule has 4 heteroatoms. The summed E-state index contributed by atoms with van der Waals surface area (Å²) < 4.78 is 0. The highest BCUT2D eigenvalue weighted by Gasteiger charge is 2.06. The molecule has 84 valence electrons. The van der Waals surface area contributed by atoms with Crippen LogP contribution in [0.3, 0.4) is 0 Å². The van der Waals surface area contributed by atoms with Gasteiger partial charge >= 0.3 is 0 Å². The highest BCUT2D eigenvalue weighted by molar-refractivity contribution is 5.88. The summed E-state index contributed by atoms with van der Waals surface area (Å²) in [5.74, 6) is -0.0758. The number of carbonyl (C=O) groups excluding carboxylic acids is 1. The summed E-state index contributed by atoms with van der Waals surface area (Å²) in [5.41, 5.74) is 2.93. The van der Waals surface area contributed by atoms with Crippen LogP contribution in [0.25, 0.3) is 5.57 Å². The lowest BCUT2D eigenvalue weighted by Crippen LogP contribution is -2.21. The Morgan fingerprint density at radius 2 is 2.38 bits per heavy atom. The van der Waals surface area contributed by atoms with Gasteiger partial charge in [0.15, 0.2) is 0 Å². The van der Waals surface area contributed by atoms with Crippen molar-refractivity contribution >= 4 is 17.2 Å². The summed E-state index contributed by atoms with van der Waals surface area (Å²) in [6, 6.07) is 3.81. The molecule has 1 aliphatic rings. The molecule has 0 unspecified atom stereocenters. The van der Waals surface area contributed by atoms with E-state index >= 15 is 0 Å². The van der Waals surface area contributed by atoms with Crippen molar-refractivity contribution < 1.29 is 4.79 Å². The van der Waals surface area contributed by atoms with Crippen LogP contribution in [0.2, 0.25) is 0 Å². The predicted octanol–water partition coefficient (Wildman–Crippen LogP) is 1.42. The number of nitrogens with zero attached hydrogens (tertiary/aromatic N) is 1.